The molecule has 0 aliphatic rings. The number of pyridine rings is 1. The SMILES string of the molecule is COC(=O)c1ccccc1NC(=O)c1ccnc(Nc2ccc(C(C)C)cc2)c1. The third kappa shape index (κ3) is 4.99. The fourth-order valence-electron chi connectivity index (χ4n) is 2.81. The van der Waals surface area contributed by atoms with Crippen LogP contribution in [0, 0.1) is 0 Å². The number of para-hydroxylation sites is 1. The summed E-state index contributed by atoms with van der Waals surface area (Å²) in [6, 6.07) is 18.1. The van der Waals surface area contributed by atoms with Gasteiger partial charge in [0.15, 0.2) is 0 Å². The molecule has 0 radical (unpaired) electrons. The Kier molecular flexibility index (Phi) is 6.24. The van der Waals surface area contributed by atoms with E-state index in [9.17, 15) is 9.59 Å². The number of nitrogens with one attached hydrogen (secondary N) is 2. The van der Waals surface area contributed by atoms with Gasteiger partial charge >= 0.3 is 5.97 Å². The number of nitrogens with zero attached hydrogens (tertiary/aromatic N) is 1. The molecule has 6 heteroatoms. The molecule has 6 nitrogen and oxygen atoms in total. The molecular weight excluding hydrogens is 366 g/mol. The van der Waals surface area contributed by atoms with E-state index in [1.807, 2.05) is 12.1 Å². The van der Waals surface area contributed by atoms with Gasteiger partial charge < -0.3 is 15.4 Å². The van der Waals surface area contributed by atoms with Crippen LogP contribution in [0.4, 0.5) is 17.2 Å². The molecule has 2 aromatic carbocycles. The summed E-state index contributed by atoms with van der Waals surface area (Å²) < 4.78 is 4.76. The molecule has 2 N–H and O–H groups in total. The van der Waals surface area contributed by atoms with Gasteiger partial charge in [-0.3, -0.25) is 4.79 Å². The largest absolute Gasteiger partial charge is 0.465 e. The van der Waals surface area contributed by atoms with Crippen molar-refractivity contribution < 1.29 is 14.3 Å². The highest BCUT2D eigenvalue weighted by molar-refractivity contribution is 6.08. The van der Waals surface area contributed by atoms with Crippen LogP contribution in [0.25, 0.3) is 0 Å². The van der Waals surface area contributed by atoms with E-state index in [-0.39, 0.29) is 5.91 Å². The van der Waals surface area contributed by atoms with Crippen molar-refractivity contribution in [3.63, 3.8) is 0 Å². The van der Waals surface area contributed by atoms with Crippen LogP contribution in [0.15, 0.2) is 66.9 Å². The maximum Gasteiger partial charge on any atom is 0.339 e. The molecule has 3 rings (SSSR count). The fourth-order valence-corrected chi connectivity index (χ4v) is 2.81. The minimum atomic E-state index is -0.511. The molecule has 0 saturated carbocycles. The standard InChI is InChI=1S/C23H23N3O3/c1-15(2)16-8-10-18(11-9-16)25-21-14-17(12-13-24-21)22(27)26-20-7-5-4-6-19(20)23(28)29-3/h4-15H,1-3H3,(H,24,25)(H,26,27). The summed E-state index contributed by atoms with van der Waals surface area (Å²) in [5.74, 6) is 0.156. The molecule has 1 aromatic heterocycles. The minimum Gasteiger partial charge on any atom is -0.465 e. The van der Waals surface area contributed by atoms with Crippen LogP contribution in [-0.2, 0) is 4.74 Å². The molecule has 148 valence electrons. The summed E-state index contributed by atoms with van der Waals surface area (Å²) in [6.07, 6.45) is 1.56. The predicted octanol–water partition coefficient (Wildman–Crippen LogP) is 4.99. The number of esters is 1. The first kappa shape index (κ1) is 20.1. The van der Waals surface area contributed by atoms with Gasteiger partial charge in [-0.1, -0.05) is 38.1 Å². The van der Waals surface area contributed by atoms with Crippen LogP contribution in [-0.4, -0.2) is 24.0 Å². The van der Waals surface area contributed by atoms with Gasteiger partial charge in [-0.25, -0.2) is 9.78 Å². The van der Waals surface area contributed by atoms with Crippen molar-refractivity contribution in [1.82, 2.24) is 4.98 Å². The Labute approximate surface area is 169 Å². The molecule has 0 aliphatic heterocycles. The second kappa shape index (κ2) is 9.01. The van der Waals surface area contributed by atoms with E-state index in [2.05, 4.69) is 41.6 Å². The quantitative estimate of drug-likeness (QED) is 0.581. The van der Waals surface area contributed by atoms with E-state index in [1.54, 1.807) is 42.6 Å². The number of hydrogen-bond donors (Lipinski definition) is 2. The Hall–Kier alpha value is -3.67. The van der Waals surface area contributed by atoms with Gasteiger partial charge in [-0.15, -0.1) is 0 Å². The van der Waals surface area contributed by atoms with Crippen LogP contribution in [0.1, 0.15) is 46.0 Å². The van der Waals surface area contributed by atoms with Crippen LogP contribution in [0.2, 0.25) is 0 Å². The van der Waals surface area contributed by atoms with Gasteiger partial charge in [-0.05, 0) is 47.9 Å². The Morgan fingerprint density at radius 1 is 1.00 bits per heavy atom. The van der Waals surface area contributed by atoms with Crippen LogP contribution >= 0.6 is 0 Å². The third-order valence-corrected chi connectivity index (χ3v) is 4.45. The van der Waals surface area contributed by atoms with Gasteiger partial charge in [0.05, 0.1) is 18.4 Å². The van der Waals surface area contributed by atoms with Crippen molar-refractivity contribution in [3.8, 4) is 0 Å². The zero-order valence-corrected chi connectivity index (χ0v) is 16.6. The molecule has 0 saturated heterocycles. The number of amides is 1. The normalized spacial score (nSPS) is 10.5. The number of aromatic nitrogens is 1. The molecular formula is C23H23N3O3. The fraction of sp³-hybridized carbons (Fsp3) is 0.174. The summed E-state index contributed by atoms with van der Waals surface area (Å²) in [4.78, 5) is 28.8. The number of carbonyl (C=O) groups excluding carboxylic acids is 2. The first-order chi connectivity index (χ1) is 14.0. The number of methoxy groups -OCH3 is 1. The van der Waals surface area contributed by atoms with E-state index in [1.165, 1.54) is 12.7 Å². The van der Waals surface area contributed by atoms with Gasteiger partial charge in [0, 0.05) is 17.4 Å². The lowest BCUT2D eigenvalue weighted by Crippen LogP contribution is -2.15. The highest BCUT2D eigenvalue weighted by Gasteiger charge is 2.14. The second-order valence-corrected chi connectivity index (χ2v) is 6.82. The number of hydrogen-bond acceptors (Lipinski definition) is 5. The minimum absolute atomic E-state index is 0.293. The van der Waals surface area contributed by atoms with E-state index in [4.69, 9.17) is 4.74 Å². The zero-order valence-electron chi connectivity index (χ0n) is 16.6. The zero-order chi connectivity index (χ0) is 20.8. The number of benzene rings is 2. The molecule has 29 heavy (non-hydrogen) atoms. The molecule has 3 aromatic rings. The third-order valence-electron chi connectivity index (χ3n) is 4.45. The lowest BCUT2D eigenvalue weighted by molar-refractivity contribution is 0.0602. The van der Waals surface area contributed by atoms with Crippen LogP contribution in [0.5, 0.6) is 0 Å². The average Bonchev–Trinajstić information content (AvgIpc) is 2.74. The van der Waals surface area contributed by atoms with Crippen molar-refractivity contribution >= 4 is 29.1 Å². The van der Waals surface area contributed by atoms with Gasteiger partial charge in [0.25, 0.3) is 5.91 Å². The average molecular weight is 389 g/mol. The maximum atomic E-state index is 12.7. The Morgan fingerprint density at radius 2 is 1.72 bits per heavy atom. The first-order valence-corrected chi connectivity index (χ1v) is 9.29. The number of anilines is 3. The highest BCUT2D eigenvalue weighted by Crippen LogP contribution is 2.21. The molecule has 0 unspecified atom stereocenters. The highest BCUT2D eigenvalue weighted by atomic mass is 16.5. The Morgan fingerprint density at radius 3 is 2.41 bits per heavy atom. The van der Waals surface area contributed by atoms with Crippen molar-refractivity contribution in [2.24, 2.45) is 0 Å². The maximum absolute atomic E-state index is 12.7. The van der Waals surface area contributed by atoms with Crippen LogP contribution in [0.3, 0.4) is 0 Å². The summed E-state index contributed by atoms with van der Waals surface area (Å²) >= 11 is 0. The molecule has 1 heterocycles. The van der Waals surface area contributed by atoms with Gasteiger partial charge in [0.1, 0.15) is 5.82 Å². The second-order valence-electron chi connectivity index (χ2n) is 6.82. The van der Waals surface area contributed by atoms with E-state index < -0.39 is 5.97 Å². The predicted molar refractivity (Wildman–Crippen MR) is 114 cm³/mol. The van der Waals surface area contributed by atoms with Gasteiger partial charge in [-0.2, -0.15) is 0 Å². The lowest BCUT2D eigenvalue weighted by atomic mass is 10.0. The van der Waals surface area contributed by atoms with Crippen molar-refractivity contribution in [1.29, 1.82) is 0 Å². The van der Waals surface area contributed by atoms with Crippen LogP contribution < -0.4 is 10.6 Å². The summed E-state index contributed by atoms with van der Waals surface area (Å²) in [5.41, 5.74) is 3.23. The topological polar surface area (TPSA) is 80.3 Å². The summed E-state index contributed by atoms with van der Waals surface area (Å²) in [6.45, 7) is 4.29. The molecule has 0 fully saturated rings. The number of carbonyl (C=O) groups is 2. The number of rotatable bonds is 6. The molecule has 0 aliphatic carbocycles. The molecule has 0 spiro atoms. The summed E-state index contributed by atoms with van der Waals surface area (Å²) in [5, 5.41) is 5.96. The Bertz CT molecular complexity index is 1010. The Balaban J connectivity index is 1.76. The van der Waals surface area contributed by atoms with Crippen molar-refractivity contribution in [2.45, 2.75) is 19.8 Å². The van der Waals surface area contributed by atoms with Crippen molar-refractivity contribution in [2.75, 3.05) is 17.7 Å². The van der Waals surface area contributed by atoms with Crippen molar-refractivity contribution in [3.05, 3.63) is 83.6 Å². The number of ether oxygens (including phenoxy) is 1. The van der Waals surface area contributed by atoms with E-state index >= 15 is 0 Å². The smallest absolute Gasteiger partial charge is 0.339 e. The molecule has 0 bridgehead atoms. The molecule has 0 atom stereocenters. The van der Waals surface area contributed by atoms with E-state index in [0.717, 1.165) is 5.69 Å². The lowest BCUT2D eigenvalue weighted by Gasteiger charge is -2.11. The monoisotopic (exact) mass is 389 g/mol. The summed E-state index contributed by atoms with van der Waals surface area (Å²) in [7, 11) is 1.30. The van der Waals surface area contributed by atoms with E-state index in [0.29, 0.717) is 28.6 Å². The first-order valence-electron chi connectivity index (χ1n) is 9.29. The molecule has 1 amide bonds. The van der Waals surface area contributed by atoms with Gasteiger partial charge in [0.2, 0.25) is 0 Å².